The lowest BCUT2D eigenvalue weighted by Gasteiger charge is -2.40. The zero-order valence-corrected chi connectivity index (χ0v) is 32.4. The van der Waals surface area contributed by atoms with E-state index in [9.17, 15) is 0 Å². The second-order valence-electron chi connectivity index (χ2n) is 16.8. The highest BCUT2D eigenvalue weighted by molar-refractivity contribution is 7.01. The lowest BCUT2D eigenvalue weighted by molar-refractivity contribution is 1.17. The van der Waals surface area contributed by atoms with Gasteiger partial charge in [0.15, 0.2) is 0 Å². The highest BCUT2D eigenvalue weighted by atomic mass is 15.2. The zero-order chi connectivity index (χ0) is 38.8. The Morgan fingerprint density at radius 2 is 0.717 bits per heavy atom. The Hall–Kier alpha value is -7.69. The fourth-order valence-electron chi connectivity index (χ4n) is 12.0. The van der Waals surface area contributed by atoms with Crippen LogP contribution in [-0.2, 0) is 0 Å². The minimum atomic E-state index is 0.102. The molecule has 60 heavy (non-hydrogen) atoms. The van der Waals surface area contributed by atoms with Crippen LogP contribution in [0.15, 0.2) is 194 Å². The van der Waals surface area contributed by atoms with Crippen molar-refractivity contribution in [2.45, 2.75) is 0 Å². The SMILES string of the molecule is c1ccc(N2c3ccccc3B3c4c2cccc4-n2c4ccc5c6cccc7c6n(c5c4c4cccc3c42)-c2cccc3c2B7c2ccccc2N3c2ccccc2)cc1. The number of fused-ring (bicyclic) bond motifs is 15. The first-order chi connectivity index (χ1) is 29.8. The van der Waals surface area contributed by atoms with Crippen LogP contribution in [0.3, 0.4) is 0 Å². The fourth-order valence-corrected chi connectivity index (χ4v) is 12.0. The molecular formula is C54H32B2N4. The number of hydrogen-bond donors (Lipinski definition) is 0. The summed E-state index contributed by atoms with van der Waals surface area (Å²) in [6.45, 7) is 0.212. The average molecular weight is 759 g/mol. The molecule has 11 aromatic rings. The summed E-state index contributed by atoms with van der Waals surface area (Å²) < 4.78 is 5.24. The lowest BCUT2D eigenvalue weighted by Crippen LogP contribution is -2.60. The van der Waals surface area contributed by atoms with E-state index >= 15 is 0 Å². The van der Waals surface area contributed by atoms with Crippen LogP contribution in [0.1, 0.15) is 0 Å². The number of nitrogens with zero attached hydrogens (tertiary/aromatic N) is 4. The maximum atomic E-state index is 2.64. The summed E-state index contributed by atoms with van der Waals surface area (Å²) in [4.78, 5) is 4.95. The van der Waals surface area contributed by atoms with Gasteiger partial charge in [0.05, 0.1) is 11.0 Å². The number of aromatic nitrogens is 2. The minimum absolute atomic E-state index is 0.102. The first-order valence-corrected chi connectivity index (χ1v) is 21.0. The molecule has 0 saturated heterocycles. The topological polar surface area (TPSA) is 16.3 Å². The lowest BCUT2D eigenvalue weighted by atomic mass is 9.34. The zero-order valence-electron chi connectivity index (χ0n) is 32.4. The molecule has 0 radical (unpaired) electrons. The molecule has 15 rings (SSSR count). The molecule has 0 aliphatic carbocycles. The minimum Gasteiger partial charge on any atom is -0.311 e. The van der Waals surface area contributed by atoms with Crippen LogP contribution >= 0.6 is 0 Å². The van der Waals surface area contributed by atoms with Gasteiger partial charge in [-0.2, -0.15) is 0 Å². The maximum Gasteiger partial charge on any atom is 0.252 e. The van der Waals surface area contributed by atoms with Gasteiger partial charge in [-0.3, -0.25) is 0 Å². The predicted molar refractivity (Wildman–Crippen MR) is 254 cm³/mol. The summed E-state index contributed by atoms with van der Waals surface area (Å²) in [5.41, 5.74) is 23.1. The molecule has 0 fully saturated rings. The van der Waals surface area contributed by atoms with E-state index in [0.717, 1.165) is 0 Å². The first kappa shape index (κ1) is 31.3. The van der Waals surface area contributed by atoms with Crippen LogP contribution in [0.5, 0.6) is 0 Å². The van der Waals surface area contributed by atoms with Gasteiger partial charge in [0.25, 0.3) is 13.4 Å². The summed E-state index contributed by atoms with van der Waals surface area (Å²) in [6, 6.07) is 72.6. The molecule has 0 N–H and O–H groups in total. The third-order valence-electron chi connectivity index (χ3n) is 14.1. The van der Waals surface area contributed by atoms with Crippen LogP contribution in [0.2, 0.25) is 0 Å². The van der Waals surface area contributed by atoms with E-state index in [0.29, 0.717) is 0 Å². The number of rotatable bonds is 2. The fraction of sp³-hybridized carbons (Fsp3) is 0. The highest BCUT2D eigenvalue weighted by Crippen LogP contribution is 2.46. The molecule has 4 nitrogen and oxygen atoms in total. The molecule has 0 spiro atoms. The Bertz CT molecular complexity index is 3700. The van der Waals surface area contributed by atoms with E-state index in [2.05, 4.69) is 213 Å². The quantitative estimate of drug-likeness (QED) is 0.164. The van der Waals surface area contributed by atoms with Gasteiger partial charge in [-0.05, 0) is 99.5 Å². The van der Waals surface area contributed by atoms with Gasteiger partial charge in [-0.25, -0.2) is 0 Å². The van der Waals surface area contributed by atoms with Crippen molar-refractivity contribution in [1.29, 1.82) is 0 Å². The summed E-state index contributed by atoms with van der Waals surface area (Å²) in [7, 11) is 0. The standard InChI is InChI=1S/C54H32B2N4/c1-3-15-33(16-4-1)57-43-26-10-8-22-39(43)56-41-24-12-20-37-49-44(59(53(37)41)47-29-13-27-45(57)50(47)56)32-31-36-35-19-11-23-40-52(35)60(54(36)49)48-30-14-28-46-51(48)55(40)38-21-7-9-25-42(38)58(46)34-17-5-2-6-18-34/h1-32H. The maximum absolute atomic E-state index is 2.64. The Balaban J connectivity index is 1.09. The van der Waals surface area contributed by atoms with Crippen molar-refractivity contribution < 1.29 is 0 Å². The molecule has 6 heterocycles. The molecule has 4 aliphatic rings. The Morgan fingerprint density at radius 3 is 1.32 bits per heavy atom. The van der Waals surface area contributed by atoms with E-state index in [-0.39, 0.29) is 13.4 Å². The number of benzene rings is 9. The van der Waals surface area contributed by atoms with Gasteiger partial charge >= 0.3 is 0 Å². The van der Waals surface area contributed by atoms with E-state index < -0.39 is 0 Å². The Labute approximate surface area is 346 Å². The van der Waals surface area contributed by atoms with E-state index in [1.807, 2.05) is 0 Å². The van der Waals surface area contributed by atoms with Crippen molar-refractivity contribution in [3.8, 4) is 11.4 Å². The largest absolute Gasteiger partial charge is 0.311 e. The smallest absolute Gasteiger partial charge is 0.252 e. The van der Waals surface area contributed by atoms with Crippen molar-refractivity contribution in [3.05, 3.63) is 194 Å². The van der Waals surface area contributed by atoms with Gasteiger partial charge in [0.2, 0.25) is 0 Å². The average Bonchev–Trinajstić information content (AvgIpc) is 3.84. The predicted octanol–water partition coefficient (Wildman–Crippen LogP) is 9.11. The van der Waals surface area contributed by atoms with Crippen LogP contribution in [0, 0.1) is 0 Å². The highest BCUT2D eigenvalue weighted by Gasteiger charge is 2.44. The van der Waals surface area contributed by atoms with Crippen molar-refractivity contribution in [3.63, 3.8) is 0 Å². The Morgan fingerprint density at radius 1 is 0.283 bits per heavy atom. The second-order valence-corrected chi connectivity index (χ2v) is 16.8. The molecule has 9 aromatic carbocycles. The first-order valence-electron chi connectivity index (χ1n) is 21.0. The van der Waals surface area contributed by atoms with Crippen LogP contribution < -0.4 is 42.6 Å². The van der Waals surface area contributed by atoms with Crippen LogP contribution in [0.4, 0.5) is 34.1 Å². The monoisotopic (exact) mass is 758 g/mol. The third kappa shape index (κ3) is 3.64. The Kier molecular flexibility index (Phi) is 5.78. The van der Waals surface area contributed by atoms with Gasteiger partial charge in [0, 0.05) is 78.1 Å². The molecule has 0 bridgehead atoms. The van der Waals surface area contributed by atoms with Crippen LogP contribution in [0.25, 0.3) is 55.0 Å². The molecular weight excluding hydrogens is 726 g/mol. The number of para-hydroxylation sites is 6. The van der Waals surface area contributed by atoms with Crippen molar-refractivity contribution in [2.75, 3.05) is 9.80 Å². The third-order valence-corrected chi connectivity index (χ3v) is 14.1. The van der Waals surface area contributed by atoms with Crippen molar-refractivity contribution in [1.82, 2.24) is 9.13 Å². The van der Waals surface area contributed by atoms with Gasteiger partial charge in [-0.1, -0.05) is 127 Å². The number of anilines is 6. The van der Waals surface area contributed by atoms with E-state index in [4.69, 9.17) is 0 Å². The van der Waals surface area contributed by atoms with Gasteiger partial charge in [0.1, 0.15) is 0 Å². The van der Waals surface area contributed by atoms with Gasteiger partial charge < -0.3 is 18.9 Å². The summed E-state index contributed by atoms with van der Waals surface area (Å²) in [6.07, 6.45) is 0. The van der Waals surface area contributed by atoms with E-state index in [1.54, 1.807) is 0 Å². The molecule has 0 unspecified atom stereocenters. The van der Waals surface area contributed by atoms with Crippen LogP contribution in [-0.4, -0.2) is 22.6 Å². The van der Waals surface area contributed by atoms with Gasteiger partial charge in [-0.15, -0.1) is 0 Å². The normalized spacial score (nSPS) is 13.9. The molecule has 0 atom stereocenters. The summed E-state index contributed by atoms with van der Waals surface area (Å²) in [5, 5.41) is 5.21. The van der Waals surface area contributed by atoms with Crippen molar-refractivity contribution >= 4 is 124 Å². The molecule has 0 amide bonds. The van der Waals surface area contributed by atoms with Crippen molar-refractivity contribution in [2.24, 2.45) is 0 Å². The second kappa shape index (κ2) is 11.1. The molecule has 0 saturated carbocycles. The molecule has 6 heteroatoms. The van der Waals surface area contributed by atoms with E-state index in [1.165, 1.54) is 122 Å². The summed E-state index contributed by atoms with van der Waals surface area (Å²) in [5.74, 6) is 0. The molecule has 274 valence electrons. The number of hydrogen-bond acceptors (Lipinski definition) is 2. The summed E-state index contributed by atoms with van der Waals surface area (Å²) >= 11 is 0. The molecule has 4 aliphatic heterocycles. The molecule has 2 aromatic heterocycles.